The third-order valence-electron chi connectivity index (χ3n) is 3.39. The molecule has 0 bridgehead atoms. The second-order valence-electron chi connectivity index (χ2n) is 4.65. The normalized spacial score (nSPS) is 17.9. The van der Waals surface area contributed by atoms with Crippen LogP contribution in [0.3, 0.4) is 0 Å². The van der Waals surface area contributed by atoms with Crippen molar-refractivity contribution >= 4 is 0 Å². The predicted octanol–water partition coefficient (Wildman–Crippen LogP) is 2.22. The summed E-state index contributed by atoms with van der Waals surface area (Å²) in [7, 11) is 0. The number of hydrogen-bond acceptors (Lipinski definition) is 3. The maximum Gasteiger partial charge on any atom is 0.0838 e. The summed E-state index contributed by atoms with van der Waals surface area (Å²) >= 11 is 0. The SMILES string of the molecule is CCn1nc(C)cc1C(NN)C1=CCCCC1. The van der Waals surface area contributed by atoms with Crippen molar-refractivity contribution in [1.29, 1.82) is 0 Å². The van der Waals surface area contributed by atoms with E-state index in [0.29, 0.717) is 0 Å². The van der Waals surface area contributed by atoms with E-state index in [4.69, 9.17) is 5.84 Å². The molecule has 0 amide bonds. The number of nitrogens with two attached hydrogens (primary N) is 1. The zero-order chi connectivity index (χ0) is 12.3. The van der Waals surface area contributed by atoms with E-state index in [1.54, 1.807) is 0 Å². The molecule has 0 saturated carbocycles. The second-order valence-corrected chi connectivity index (χ2v) is 4.65. The lowest BCUT2D eigenvalue weighted by Gasteiger charge is -2.23. The predicted molar refractivity (Wildman–Crippen MR) is 69.3 cm³/mol. The van der Waals surface area contributed by atoms with Crippen LogP contribution in [0.15, 0.2) is 17.7 Å². The summed E-state index contributed by atoms with van der Waals surface area (Å²) < 4.78 is 2.04. The minimum Gasteiger partial charge on any atom is -0.271 e. The van der Waals surface area contributed by atoms with E-state index in [1.807, 2.05) is 11.6 Å². The van der Waals surface area contributed by atoms with Gasteiger partial charge in [-0.2, -0.15) is 5.10 Å². The van der Waals surface area contributed by atoms with Crippen LogP contribution in [0.2, 0.25) is 0 Å². The first kappa shape index (κ1) is 12.3. The van der Waals surface area contributed by atoms with Crippen molar-refractivity contribution in [3.8, 4) is 0 Å². The summed E-state index contributed by atoms with van der Waals surface area (Å²) in [4.78, 5) is 0. The Morgan fingerprint density at radius 1 is 1.53 bits per heavy atom. The van der Waals surface area contributed by atoms with Crippen molar-refractivity contribution < 1.29 is 0 Å². The Bertz CT molecular complexity index is 406. The third kappa shape index (κ3) is 2.58. The van der Waals surface area contributed by atoms with Crippen LogP contribution in [0, 0.1) is 6.92 Å². The molecule has 0 radical (unpaired) electrons. The monoisotopic (exact) mass is 234 g/mol. The average Bonchev–Trinajstić information content (AvgIpc) is 2.73. The van der Waals surface area contributed by atoms with E-state index in [0.717, 1.165) is 18.7 Å². The fraction of sp³-hybridized carbons (Fsp3) is 0.615. The van der Waals surface area contributed by atoms with Gasteiger partial charge in [-0.15, -0.1) is 0 Å². The molecule has 17 heavy (non-hydrogen) atoms. The van der Waals surface area contributed by atoms with Crippen LogP contribution >= 0.6 is 0 Å². The summed E-state index contributed by atoms with van der Waals surface area (Å²) in [5.41, 5.74) is 6.59. The Morgan fingerprint density at radius 3 is 2.94 bits per heavy atom. The Morgan fingerprint density at radius 2 is 2.35 bits per heavy atom. The van der Waals surface area contributed by atoms with Crippen molar-refractivity contribution in [3.05, 3.63) is 29.1 Å². The van der Waals surface area contributed by atoms with Gasteiger partial charge in [-0.05, 0) is 45.6 Å². The van der Waals surface area contributed by atoms with Crippen LogP contribution in [0.5, 0.6) is 0 Å². The molecule has 1 heterocycles. The van der Waals surface area contributed by atoms with Gasteiger partial charge in [0.15, 0.2) is 0 Å². The Kier molecular flexibility index (Phi) is 3.97. The molecular weight excluding hydrogens is 212 g/mol. The number of allylic oxidation sites excluding steroid dienone is 1. The van der Waals surface area contributed by atoms with Gasteiger partial charge in [0.05, 0.1) is 17.4 Å². The Balaban J connectivity index is 2.30. The van der Waals surface area contributed by atoms with Crippen molar-refractivity contribution in [2.45, 2.75) is 52.1 Å². The molecular formula is C13H22N4. The summed E-state index contributed by atoms with van der Waals surface area (Å²) in [5, 5.41) is 4.49. The van der Waals surface area contributed by atoms with Crippen molar-refractivity contribution in [2.75, 3.05) is 0 Å². The number of aryl methyl sites for hydroxylation is 2. The fourth-order valence-corrected chi connectivity index (χ4v) is 2.56. The van der Waals surface area contributed by atoms with Crippen LogP contribution in [0.25, 0.3) is 0 Å². The van der Waals surface area contributed by atoms with Crippen LogP contribution in [-0.2, 0) is 6.54 Å². The summed E-state index contributed by atoms with van der Waals surface area (Å²) in [5.74, 6) is 5.74. The molecule has 1 aromatic heterocycles. The standard InChI is InChI=1S/C13H22N4/c1-3-17-12(9-10(2)16-17)13(15-14)11-7-5-4-6-8-11/h7,9,13,15H,3-6,8,14H2,1-2H3. The number of hydrogen-bond donors (Lipinski definition) is 2. The molecule has 0 aliphatic heterocycles. The minimum absolute atomic E-state index is 0.122. The second kappa shape index (κ2) is 5.47. The number of hydrazine groups is 1. The van der Waals surface area contributed by atoms with Crippen LogP contribution in [0.4, 0.5) is 0 Å². The van der Waals surface area contributed by atoms with E-state index >= 15 is 0 Å². The van der Waals surface area contributed by atoms with Gasteiger partial charge >= 0.3 is 0 Å². The zero-order valence-corrected chi connectivity index (χ0v) is 10.7. The van der Waals surface area contributed by atoms with E-state index in [-0.39, 0.29) is 6.04 Å². The maximum atomic E-state index is 5.74. The molecule has 1 aliphatic rings. The van der Waals surface area contributed by atoms with E-state index in [2.05, 4.69) is 29.6 Å². The molecule has 2 rings (SSSR count). The van der Waals surface area contributed by atoms with E-state index < -0.39 is 0 Å². The van der Waals surface area contributed by atoms with Gasteiger partial charge in [-0.25, -0.2) is 5.43 Å². The Labute approximate surface area is 103 Å². The first-order chi connectivity index (χ1) is 8.26. The first-order valence-electron chi connectivity index (χ1n) is 6.45. The molecule has 0 aromatic carbocycles. The van der Waals surface area contributed by atoms with Crippen molar-refractivity contribution in [2.24, 2.45) is 5.84 Å². The molecule has 1 aromatic rings. The highest BCUT2D eigenvalue weighted by Gasteiger charge is 2.20. The molecule has 4 heteroatoms. The molecule has 0 fully saturated rings. The van der Waals surface area contributed by atoms with Gasteiger partial charge in [0, 0.05) is 6.54 Å². The molecule has 3 N–H and O–H groups in total. The van der Waals surface area contributed by atoms with Gasteiger partial charge < -0.3 is 0 Å². The van der Waals surface area contributed by atoms with Crippen molar-refractivity contribution in [3.63, 3.8) is 0 Å². The fourth-order valence-electron chi connectivity index (χ4n) is 2.56. The molecule has 4 nitrogen and oxygen atoms in total. The van der Waals surface area contributed by atoms with Crippen molar-refractivity contribution in [1.82, 2.24) is 15.2 Å². The highest BCUT2D eigenvalue weighted by atomic mass is 15.3. The molecule has 94 valence electrons. The summed E-state index contributed by atoms with van der Waals surface area (Å²) in [6, 6.07) is 2.25. The van der Waals surface area contributed by atoms with Crippen LogP contribution in [-0.4, -0.2) is 9.78 Å². The summed E-state index contributed by atoms with van der Waals surface area (Å²) in [6.45, 7) is 5.02. The lowest BCUT2D eigenvalue weighted by Crippen LogP contribution is -2.31. The van der Waals surface area contributed by atoms with Gasteiger partial charge in [-0.3, -0.25) is 10.5 Å². The number of nitrogens with zero attached hydrogens (tertiary/aromatic N) is 2. The van der Waals surface area contributed by atoms with E-state index in [1.165, 1.54) is 30.5 Å². The third-order valence-corrected chi connectivity index (χ3v) is 3.39. The van der Waals surface area contributed by atoms with Gasteiger partial charge in [0.2, 0.25) is 0 Å². The molecule has 1 atom stereocenters. The average molecular weight is 234 g/mol. The number of nitrogens with one attached hydrogen (secondary N) is 1. The smallest absolute Gasteiger partial charge is 0.0838 e. The largest absolute Gasteiger partial charge is 0.271 e. The van der Waals surface area contributed by atoms with E-state index in [9.17, 15) is 0 Å². The van der Waals surface area contributed by atoms with Gasteiger partial charge in [-0.1, -0.05) is 11.6 Å². The van der Waals surface area contributed by atoms with Crippen LogP contribution < -0.4 is 11.3 Å². The number of rotatable bonds is 4. The molecule has 1 aliphatic carbocycles. The zero-order valence-electron chi connectivity index (χ0n) is 10.7. The highest BCUT2D eigenvalue weighted by molar-refractivity contribution is 5.25. The first-order valence-corrected chi connectivity index (χ1v) is 6.45. The lowest BCUT2D eigenvalue weighted by molar-refractivity contribution is 0.510. The lowest BCUT2D eigenvalue weighted by atomic mass is 9.92. The molecule has 1 unspecified atom stereocenters. The maximum absolute atomic E-state index is 5.74. The molecule has 0 spiro atoms. The molecule has 0 saturated heterocycles. The quantitative estimate of drug-likeness (QED) is 0.477. The topological polar surface area (TPSA) is 55.9 Å². The minimum atomic E-state index is 0.122. The van der Waals surface area contributed by atoms with Crippen LogP contribution in [0.1, 0.15) is 50.0 Å². The van der Waals surface area contributed by atoms with Gasteiger partial charge in [0.1, 0.15) is 0 Å². The Hall–Kier alpha value is -1.13. The number of aromatic nitrogens is 2. The van der Waals surface area contributed by atoms with Gasteiger partial charge in [0.25, 0.3) is 0 Å². The summed E-state index contributed by atoms with van der Waals surface area (Å²) in [6.07, 6.45) is 7.21. The highest BCUT2D eigenvalue weighted by Crippen LogP contribution is 2.29.